The van der Waals surface area contributed by atoms with E-state index in [4.69, 9.17) is 5.73 Å². The van der Waals surface area contributed by atoms with Crippen LogP contribution in [0.4, 0.5) is 0 Å². The van der Waals surface area contributed by atoms with Crippen molar-refractivity contribution < 1.29 is 0 Å². The van der Waals surface area contributed by atoms with Crippen LogP contribution >= 0.6 is 0 Å². The molecule has 118 valence electrons. The van der Waals surface area contributed by atoms with Gasteiger partial charge < -0.3 is 5.73 Å². The number of aliphatic imine (C=N–C) groups is 1. The third-order valence-electron chi connectivity index (χ3n) is 1.97. The van der Waals surface area contributed by atoms with Crippen LogP contribution in [0.1, 0.15) is 41.5 Å². The van der Waals surface area contributed by atoms with Crippen molar-refractivity contribution in [1.82, 2.24) is 0 Å². The molecule has 0 aromatic carbocycles. The molecule has 0 bridgehead atoms. The molecule has 2 N–H and O–H groups in total. The Morgan fingerprint density at radius 1 is 0.857 bits per heavy atom. The van der Waals surface area contributed by atoms with E-state index >= 15 is 0 Å². The molecule has 0 amide bonds. The average molecular weight is 288 g/mol. The molecule has 21 heavy (non-hydrogen) atoms. The minimum Gasteiger partial charge on any atom is -0.383 e. The third kappa shape index (κ3) is 14.1. The van der Waals surface area contributed by atoms with E-state index in [2.05, 4.69) is 18.2 Å². The Hall–Kier alpha value is -2.09. The Morgan fingerprint density at radius 2 is 1.33 bits per heavy atom. The molecule has 0 aliphatic heterocycles. The Kier molecular flexibility index (Phi) is 23.1. The molecule has 0 heterocycles. The predicted molar refractivity (Wildman–Crippen MR) is 101 cm³/mol. The number of allylic oxidation sites excluding steroid dienone is 7. The van der Waals surface area contributed by atoms with Gasteiger partial charge in [-0.3, -0.25) is 0 Å². The molecule has 0 spiro atoms. The predicted octanol–water partition coefficient (Wildman–Crippen LogP) is 5.73. The number of amidine groups is 1. The number of hydrogen-bond donors (Lipinski definition) is 1. The lowest BCUT2D eigenvalue weighted by molar-refractivity contribution is 1.35. The van der Waals surface area contributed by atoms with Crippen molar-refractivity contribution in [3.63, 3.8) is 0 Å². The zero-order valence-electron chi connectivity index (χ0n) is 14.6. The lowest BCUT2D eigenvalue weighted by Gasteiger charge is -2.01. The van der Waals surface area contributed by atoms with E-state index < -0.39 is 0 Å². The Morgan fingerprint density at radius 3 is 1.71 bits per heavy atom. The van der Waals surface area contributed by atoms with Gasteiger partial charge in [0.05, 0.1) is 5.70 Å². The molecular weight excluding hydrogens is 256 g/mol. The second kappa shape index (κ2) is 20.2. The zero-order chi connectivity index (χ0) is 17.1. The van der Waals surface area contributed by atoms with Gasteiger partial charge in [0.15, 0.2) is 0 Å². The normalized spacial score (nSPS) is 12.4. The molecule has 0 unspecified atom stereocenters. The number of hydrogen-bond acceptors (Lipinski definition) is 1. The Balaban J connectivity index is -0.000000739. The van der Waals surface area contributed by atoms with Gasteiger partial charge in [-0.2, -0.15) is 0 Å². The molecule has 0 saturated heterocycles. The third-order valence-corrected chi connectivity index (χ3v) is 1.97. The van der Waals surface area contributed by atoms with Crippen molar-refractivity contribution in [2.75, 3.05) is 0 Å². The van der Waals surface area contributed by atoms with Crippen LogP contribution in [-0.4, -0.2) is 5.84 Å². The van der Waals surface area contributed by atoms with Crippen LogP contribution in [0.2, 0.25) is 0 Å². The largest absolute Gasteiger partial charge is 0.383 e. The molecule has 0 saturated carbocycles. The summed E-state index contributed by atoms with van der Waals surface area (Å²) in [7, 11) is 0. The first-order chi connectivity index (χ1) is 10.2. The van der Waals surface area contributed by atoms with Crippen molar-refractivity contribution in [1.29, 1.82) is 0 Å². The Bertz CT molecular complexity index is 405. The van der Waals surface area contributed by atoms with E-state index in [1.54, 1.807) is 12.2 Å². The van der Waals surface area contributed by atoms with Crippen molar-refractivity contribution >= 4 is 5.84 Å². The molecule has 0 aromatic rings. The molecule has 0 atom stereocenters. The first kappa shape index (κ1) is 24.0. The highest BCUT2D eigenvalue weighted by molar-refractivity contribution is 6.00. The zero-order valence-corrected chi connectivity index (χ0v) is 14.6. The smallest absolute Gasteiger partial charge is 0.130 e. The average Bonchev–Trinajstić information content (AvgIpc) is 2.55. The fourth-order valence-corrected chi connectivity index (χ4v) is 1.07. The van der Waals surface area contributed by atoms with Gasteiger partial charge in [-0.15, -0.1) is 0 Å². The minimum atomic E-state index is 0.479. The van der Waals surface area contributed by atoms with Gasteiger partial charge in [-0.05, 0) is 19.9 Å². The van der Waals surface area contributed by atoms with Gasteiger partial charge in [-0.25, -0.2) is 4.99 Å². The van der Waals surface area contributed by atoms with Crippen LogP contribution in [0.25, 0.3) is 0 Å². The maximum absolute atomic E-state index is 5.91. The summed E-state index contributed by atoms with van der Waals surface area (Å²) in [5.41, 5.74) is 7.58. The first-order valence-electron chi connectivity index (χ1n) is 7.45. The van der Waals surface area contributed by atoms with E-state index in [1.165, 1.54) is 0 Å². The summed E-state index contributed by atoms with van der Waals surface area (Å²) in [6.45, 7) is 19.1. The minimum absolute atomic E-state index is 0.479. The maximum Gasteiger partial charge on any atom is 0.130 e. The highest BCUT2D eigenvalue weighted by Crippen LogP contribution is 2.04. The molecule has 0 aliphatic carbocycles. The van der Waals surface area contributed by atoms with Gasteiger partial charge in [0.2, 0.25) is 0 Å². The molecular formula is C19H32N2. The second-order valence-electron chi connectivity index (χ2n) is 3.14. The molecule has 2 heteroatoms. The second-order valence-corrected chi connectivity index (χ2v) is 3.14. The SMILES string of the molecule is C=C\C=C/C(=C\C)/N=C(N)/C(/C=C\C=C)=C/C.CC.CC. The highest BCUT2D eigenvalue weighted by atomic mass is 14.9. The number of nitrogens with two attached hydrogens (primary N) is 1. The lowest BCUT2D eigenvalue weighted by atomic mass is 10.2. The quantitative estimate of drug-likeness (QED) is 0.378. The van der Waals surface area contributed by atoms with Gasteiger partial charge >= 0.3 is 0 Å². The topological polar surface area (TPSA) is 38.4 Å². The van der Waals surface area contributed by atoms with Crippen LogP contribution in [0.5, 0.6) is 0 Å². The summed E-state index contributed by atoms with van der Waals surface area (Å²) < 4.78 is 0. The summed E-state index contributed by atoms with van der Waals surface area (Å²) in [6.07, 6.45) is 14.6. The van der Waals surface area contributed by atoms with Crippen LogP contribution in [0, 0.1) is 0 Å². The van der Waals surface area contributed by atoms with Crippen molar-refractivity contribution in [2.24, 2.45) is 10.7 Å². The van der Waals surface area contributed by atoms with E-state index in [9.17, 15) is 0 Å². The van der Waals surface area contributed by atoms with Crippen LogP contribution in [-0.2, 0) is 0 Å². The monoisotopic (exact) mass is 288 g/mol. The summed E-state index contributed by atoms with van der Waals surface area (Å²) in [4.78, 5) is 4.32. The van der Waals surface area contributed by atoms with E-state index in [0.717, 1.165) is 11.3 Å². The van der Waals surface area contributed by atoms with Gasteiger partial charge in [0, 0.05) is 5.57 Å². The van der Waals surface area contributed by atoms with Crippen LogP contribution in [0.15, 0.2) is 78.0 Å². The fraction of sp³-hybridized carbons (Fsp3) is 0.316. The van der Waals surface area contributed by atoms with Crippen molar-refractivity contribution in [3.8, 4) is 0 Å². The molecule has 0 aromatic heterocycles. The molecule has 0 rings (SSSR count). The van der Waals surface area contributed by atoms with Crippen LogP contribution in [0.3, 0.4) is 0 Å². The molecule has 0 aliphatic rings. The summed E-state index contributed by atoms with van der Waals surface area (Å²) in [5, 5.41) is 0. The molecule has 2 nitrogen and oxygen atoms in total. The van der Waals surface area contributed by atoms with Gasteiger partial charge in [0.1, 0.15) is 5.84 Å². The molecule has 0 fully saturated rings. The number of nitrogens with zero attached hydrogens (tertiary/aromatic N) is 1. The van der Waals surface area contributed by atoms with Crippen LogP contribution < -0.4 is 5.73 Å². The maximum atomic E-state index is 5.91. The number of rotatable bonds is 6. The standard InChI is InChI=1S/C15H20N2.2C2H6/c1-5-9-11-13(7-3)15(16)17-14(8-4)12-10-6-2;2*1-2/h5-12H,1-2H2,3-4H3,(H2,16,17);2*1-2H3/b11-9-,12-10-,13-7+,14-8+;;. The molecule has 0 radical (unpaired) electrons. The summed E-state index contributed by atoms with van der Waals surface area (Å²) >= 11 is 0. The van der Waals surface area contributed by atoms with E-state index in [-0.39, 0.29) is 0 Å². The fourth-order valence-electron chi connectivity index (χ4n) is 1.07. The summed E-state index contributed by atoms with van der Waals surface area (Å²) in [5.74, 6) is 0.479. The van der Waals surface area contributed by atoms with Gasteiger partial charge in [0.25, 0.3) is 0 Å². The highest BCUT2D eigenvalue weighted by Gasteiger charge is 1.97. The van der Waals surface area contributed by atoms with E-state index in [0.29, 0.717) is 5.84 Å². The van der Waals surface area contributed by atoms with E-state index in [1.807, 2.05) is 78.0 Å². The Labute approximate surface area is 131 Å². The van der Waals surface area contributed by atoms with Crippen molar-refractivity contribution in [2.45, 2.75) is 41.5 Å². The van der Waals surface area contributed by atoms with Crippen molar-refractivity contribution in [3.05, 3.63) is 73.0 Å². The summed E-state index contributed by atoms with van der Waals surface area (Å²) in [6, 6.07) is 0. The van der Waals surface area contributed by atoms with Gasteiger partial charge in [-0.1, -0.05) is 83.4 Å². The lowest BCUT2D eigenvalue weighted by Crippen LogP contribution is -2.13. The first-order valence-corrected chi connectivity index (χ1v) is 7.45.